The smallest absolute Gasteiger partial charge is 0.0638 e. The first-order chi connectivity index (χ1) is 6.66. The van der Waals surface area contributed by atoms with Gasteiger partial charge >= 0.3 is 0 Å². The Bertz CT molecular complexity index is 207. The molecular formula is C11H21N3. The fourth-order valence-corrected chi connectivity index (χ4v) is 2.34. The highest BCUT2D eigenvalue weighted by molar-refractivity contribution is 4.89. The fraction of sp³-hybridized carbons (Fsp3) is 0.909. The van der Waals surface area contributed by atoms with Crippen LogP contribution < -0.4 is 5.73 Å². The molecule has 1 aliphatic rings. The molecule has 1 saturated heterocycles. The van der Waals surface area contributed by atoms with Gasteiger partial charge < -0.3 is 5.73 Å². The zero-order chi connectivity index (χ0) is 10.6. The maximum absolute atomic E-state index is 8.68. The fourth-order valence-electron chi connectivity index (χ4n) is 2.34. The second-order valence-corrected chi connectivity index (χ2v) is 4.37. The molecule has 0 aliphatic carbocycles. The van der Waals surface area contributed by atoms with Crippen molar-refractivity contribution in [3.8, 4) is 6.07 Å². The van der Waals surface area contributed by atoms with Gasteiger partial charge in [-0.25, -0.2) is 0 Å². The number of piperidine rings is 1. The van der Waals surface area contributed by atoms with E-state index in [1.165, 1.54) is 19.3 Å². The van der Waals surface area contributed by atoms with Crippen molar-refractivity contribution in [2.75, 3.05) is 6.54 Å². The van der Waals surface area contributed by atoms with Gasteiger partial charge in [0.15, 0.2) is 0 Å². The van der Waals surface area contributed by atoms with E-state index >= 15 is 0 Å². The highest BCUT2D eigenvalue weighted by atomic mass is 15.2. The Balaban J connectivity index is 2.58. The Morgan fingerprint density at radius 1 is 1.50 bits per heavy atom. The molecule has 1 aliphatic heterocycles. The van der Waals surface area contributed by atoms with E-state index in [0.717, 1.165) is 6.54 Å². The van der Waals surface area contributed by atoms with Gasteiger partial charge in [-0.15, -0.1) is 0 Å². The maximum atomic E-state index is 8.68. The van der Waals surface area contributed by atoms with Crippen LogP contribution in [0, 0.1) is 11.3 Å². The summed E-state index contributed by atoms with van der Waals surface area (Å²) in [4.78, 5) is 2.41. The normalized spacial score (nSPS) is 28.0. The van der Waals surface area contributed by atoms with E-state index < -0.39 is 0 Å². The van der Waals surface area contributed by atoms with Crippen molar-refractivity contribution >= 4 is 0 Å². The van der Waals surface area contributed by atoms with Gasteiger partial charge in [0, 0.05) is 18.1 Å². The van der Waals surface area contributed by atoms with E-state index in [1.807, 2.05) is 0 Å². The predicted molar refractivity (Wildman–Crippen MR) is 57.7 cm³/mol. The molecule has 3 heteroatoms. The molecule has 3 unspecified atom stereocenters. The minimum atomic E-state index is 0.219. The van der Waals surface area contributed by atoms with E-state index in [4.69, 9.17) is 11.0 Å². The number of hydrogen-bond acceptors (Lipinski definition) is 3. The zero-order valence-corrected chi connectivity index (χ0v) is 9.24. The standard InChI is InChI=1S/C11H21N3/c1-9(6-7-12)14-8-4-3-5-11(14)10(2)13/h9-11H,3-6,8,13H2,1-2H3. The quantitative estimate of drug-likeness (QED) is 0.742. The van der Waals surface area contributed by atoms with E-state index in [2.05, 4.69) is 24.8 Å². The summed E-state index contributed by atoms with van der Waals surface area (Å²) in [6.45, 7) is 5.31. The van der Waals surface area contributed by atoms with Gasteiger partial charge in [0.1, 0.15) is 0 Å². The minimum absolute atomic E-state index is 0.219. The SMILES string of the molecule is CC(N)C1CCCCN1C(C)CC#N. The van der Waals surface area contributed by atoms with Gasteiger partial charge in [0.2, 0.25) is 0 Å². The van der Waals surface area contributed by atoms with Gasteiger partial charge in [-0.2, -0.15) is 5.26 Å². The van der Waals surface area contributed by atoms with E-state index in [0.29, 0.717) is 18.5 Å². The van der Waals surface area contributed by atoms with Crippen LogP contribution >= 0.6 is 0 Å². The number of nitrogens with zero attached hydrogens (tertiary/aromatic N) is 2. The average Bonchev–Trinajstić information content (AvgIpc) is 2.18. The van der Waals surface area contributed by atoms with Gasteiger partial charge in [0.25, 0.3) is 0 Å². The first-order valence-electron chi connectivity index (χ1n) is 5.55. The molecule has 3 nitrogen and oxygen atoms in total. The molecule has 0 spiro atoms. The monoisotopic (exact) mass is 195 g/mol. The number of nitriles is 1. The summed E-state index contributed by atoms with van der Waals surface area (Å²) < 4.78 is 0. The van der Waals surface area contributed by atoms with Crippen molar-refractivity contribution in [1.29, 1.82) is 5.26 Å². The third-order valence-corrected chi connectivity index (χ3v) is 3.15. The van der Waals surface area contributed by atoms with Crippen LogP contribution in [-0.2, 0) is 0 Å². The van der Waals surface area contributed by atoms with Crippen LogP contribution in [0.5, 0.6) is 0 Å². The summed E-state index contributed by atoms with van der Waals surface area (Å²) in [6, 6.07) is 3.30. The predicted octanol–water partition coefficient (Wildman–Crippen LogP) is 1.49. The van der Waals surface area contributed by atoms with Crippen molar-refractivity contribution in [2.45, 2.75) is 57.7 Å². The lowest BCUT2D eigenvalue weighted by Crippen LogP contribution is -2.52. The average molecular weight is 195 g/mol. The molecule has 1 rings (SSSR count). The summed E-state index contributed by atoms with van der Waals surface area (Å²) in [5.41, 5.74) is 5.97. The Kier molecular flexibility index (Phi) is 4.37. The van der Waals surface area contributed by atoms with Crippen molar-refractivity contribution in [1.82, 2.24) is 4.90 Å². The largest absolute Gasteiger partial charge is 0.327 e. The summed E-state index contributed by atoms with van der Waals surface area (Å²) in [6.07, 6.45) is 4.33. The lowest BCUT2D eigenvalue weighted by atomic mass is 9.95. The molecule has 1 heterocycles. The van der Waals surface area contributed by atoms with Crippen LogP contribution in [0.2, 0.25) is 0 Å². The number of hydrogen-bond donors (Lipinski definition) is 1. The molecule has 2 N–H and O–H groups in total. The highest BCUT2D eigenvalue weighted by Crippen LogP contribution is 2.22. The van der Waals surface area contributed by atoms with Gasteiger partial charge in [-0.1, -0.05) is 6.42 Å². The number of likely N-dealkylation sites (tertiary alicyclic amines) is 1. The number of rotatable bonds is 3. The van der Waals surface area contributed by atoms with Crippen molar-refractivity contribution < 1.29 is 0 Å². The molecule has 80 valence electrons. The second kappa shape index (κ2) is 5.33. The topological polar surface area (TPSA) is 53.0 Å². The Morgan fingerprint density at radius 2 is 2.21 bits per heavy atom. The molecule has 0 aromatic rings. The third-order valence-electron chi connectivity index (χ3n) is 3.15. The lowest BCUT2D eigenvalue weighted by molar-refractivity contribution is 0.0910. The molecule has 0 saturated carbocycles. The first kappa shape index (κ1) is 11.5. The molecule has 1 fully saturated rings. The van der Waals surface area contributed by atoms with Gasteiger partial charge in [0.05, 0.1) is 12.5 Å². The van der Waals surface area contributed by atoms with Crippen LogP contribution in [0.1, 0.15) is 39.5 Å². The van der Waals surface area contributed by atoms with Gasteiger partial charge in [-0.05, 0) is 33.2 Å². The van der Waals surface area contributed by atoms with Gasteiger partial charge in [-0.3, -0.25) is 4.90 Å². The first-order valence-corrected chi connectivity index (χ1v) is 5.55. The highest BCUT2D eigenvalue weighted by Gasteiger charge is 2.28. The molecule has 3 atom stereocenters. The van der Waals surface area contributed by atoms with Crippen LogP contribution in [-0.4, -0.2) is 29.6 Å². The van der Waals surface area contributed by atoms with Crippen LogP contribution in [0.3, 0.4) is 0 Å². The molecule has 0 aromatic heterocycles. The molecule has 0 bridgehead atoms. The van der Waals surface area contributed by atoms with Crippen LogP contribution in [0.25, 0.3) is 0 Å². The lowest BCUT2D eigenvalue weighted by Gasteiger charge is -2.41. The molecule has 0 amide bonds. The van der Waals surface area contributed by atoms with Crippen molar-refractivity contribution in [2.24, 2.45) is 5.73 Å². The van der Waals surface area contributed by atoms with Crippen LogP contribution in [0.15, 0.2) is 0 Å². The van der Waals surface area contributed by atoms with Crippen molar-refractivity contribution in [3.63, 3.8) is 0 Å². The summed E-state index contributed by atoms with van der Waals surface area (Å²) >= 11 is 0. The second-order valence-electron chi connectivity index (χ2n) is 4.37. The Labute approximate surface area is 86.9 Å². The summed E-state index contributed by atoms with van der Waals surface area (Å²) in [5, 5.41) is 8.68. The van der Waals surface area contributed by atoms with Crippen LogP contribution in [0.4, 0.5) is 0 Å². The third kappa shape index (κ3) is 2.70. The number of nitrogens with two attached hydrogens (primary N) is 1. The van der Waals surface area contributed by atoms with E-state index in [-0.39, 0.29) is 6.04 Å². The zero-order valence-electron chi connectivity index (χ0n) is 9.24. The maximum Gasteiger partial charge on any atom is 0.0638 e. The Morgan fingerprint density at radius 3 is 2.79 bits per heavy atom. The molecule has 14 heavy (non-hydrogen) atoms. The minimum Gasteiger partial charge on any atom is -0.327 e. The van der Waals surface area contributed by atoms with E-state index in [9.17, 15) is 0 Å². The Hall–Kier alpha value is -0.590. The molecule has 0 radical (unpaired) electrons. The summed E-state index contributed by atoms with van der Waals surface area (Å²) in [7, 11) is 0. The van der Waals surface area contributed by atoms with E-state index in [1.54, 1.807) is 0 Å². The summed E-state index contributed by atoms with van der Waals surface area (Å²) in [5.74, 6) is 0. The molecular weight excluding hydrogens is 174 g/mol. The van der Waals surface area contributed by atoms with Crippen molar-refractivity contribution in [3.05, 3.63) is 0 Å². The molecule has 0 aromatic carbocycles.